The predicted molar refractivity (Wildman–Crippen MR) is 67.2 cm³/mol. The normalized spacial score (nSPS) is 10.7. The van der Waals surface area contributed by atoms with E-state index in [4.69, 9.17) is 10.5 Å². The first-order chi connectivity index (χ1) is 9.22. The Morgan fingerprint density at radius 1 is 1.37 bits per heavy atom. The molecular weight excluding hydrogens is 249 g/mol. The van der Waals surface area contributed by atoms with E-state index in [0.29, 0.717) is 37.5 Å². The van der Waals surface area contributed by atoms with E-state index in [0.717, 1.165) is 5.56 Å². The van der Waals surface area contributed by atoms with Gasteiger partial charge in [0, 0.05) is 13.0 Å². The van der Waals surface area contributed by atoms with Gasteiger partial charge in [0.1, 0.15) is 11.6 Å². The number of rotatable bonds is 6. The molecule has 0 saturated carbocycles. The third-order valence-corrected chi connectivity index (χ3v) is 2.68. The van der Waals surface area contributed by atoms with Crippen LogP contribution in [0.5, 0.6) is 5.75 Å². The summed E-state index contributed by atoms with van der Waals surface area (Å²) in [5.41, 5.74) is 6.19. The number of tetrazole rings is 1. The molecule has 7 heteroatoms. The first-order valence-corrected chi connectivity index (χ1v) is 6.02. The number of aromatic nitrogens is 4. The maximum Gasteiger partial charge on any atom is 0.175 e. The monoisotopic (exact) mass is 265 g/mol. The lowest BCUT2D eigenvalue weighted by Gasteiger charge is -2.07. The molecule has 2 rings (SSSR count). The summed E-state index contributed by atoms with van der Waals surface area (Å²) in [7, 11) is 1.56. The van der Waals surface area contributed by atoms with Gasteiger partial charge >= 0.3 is 0 Å². The molecule has 0 unspecified atom stereocenters. The predicted octanol–water partition coefficient (Wildman–Crippen LogP) is 0.565. The van der Waals surface area contributed by atoms with Gasteiger partial charge in [-0.15, -0.1) is 10.2 Å². The molecule has 102 valence electrons. The fourth-order valence-electron chi connectivity index (χ4n) is 1.78. The van der Waals surface area contributed by atoms with Crippen molar-refractivity contribution in [2.75, 3.05) is 13.7 Å². The summed E-state index contributed by atoms with van der Waals surface area (Å²) in [4.78, 5) is 1.46. The van der Waals surface area contributed by atoms with Gasteiger partial charge in [-0.3, -0.25) is 0 Å². The van der Waals surface area contributed by atoms with Crippen molar-refractivity contribution in [3.8, 4) is 5.75 Å². The second-order valence-electron chi connectivity index (χ2n) is 4.05. The molecule has 0 spiro atoms. The lowest BCUT2D eigenvalue weighted by Crippen LogP contribution is -2.12. The zero-order valence-electron chi connectivity index (χ0n) is 10.7. The summed E-state index contributed by atoms with van der Waals surface area (Å²) >= 11 is 0. The molecule has 0 amide bonds. The number of halogens is 1. The highest BCUT2D eigenvalue weighted by molar-refractivity contribution is 5.34. The Balaban J connectivity index is 2.03. The van der Waals surface area contributed by atoms with Gasteiger partial charge in [-0.05, 0) is 35.4 Å². The molecule has 19 heavy (non-hydrogen) atoms. The van der Waals surface area contributed by atoms with E-state index in [2.05, 4.69) is 15.4 Å². The van der Waals surface area contributed by atoms with Crippen molar-refractivity contribution >= 4 is 0 Å². The number of aryl methyl sites for hydroxylation is 2. The van der Waals surface area contributed by atoms with Crippen LogP contribution in [0.1, 0.15) is 11.4 Å². The summed E-state index contributed by atoms with van der Waals surface area (Å²) in [5.74, 6) is 0.992. The molecule has 1 heterocycles. The van der Waals surface area contributed by atoms with Gasteiger partial charge in [0.05, 0.1) is 13.7 Å². The van der Waals surface area contributed by atoms with Crippen molar-refractivity contribution in [1.29, 1.82) is 0 Å². The standard InChI is InChI=1S/C12H16FN5O/c1-19-11-4-3-10(13)8-9(11)2-5-12-15-17-18(16-12)7-6-14/h3-4,8H,2,5-7,14H2,1H3. The first-order valence-electron chi connectivity index (χ1n) is 6.02. The minimum absolute atomic E-state index is 0.282. The highest BCUT2D eigenvalue weighted by atomic mass is 19.1. The average Bonchev–Trinajstić information content (AvgIpc) is 2.85. The van der Waals surface area contributed by atoms with Crippen molar-refractivity contribution in [2.45, 2.75) is 19.4 Å². The van der Waals surface area contributed by atoms with Crippen LogP contribution in [0.4, 0.5) is 4.39 Å². The van der Waals surface area contributed by atoms with E-state index in [-0.39, 0.29) is 5.82 Å². The third kappa shape index (κ3) is 3.47. The quantitative estimate of drug-likeness (QED) is 0.825. The minimum Gasteiger partial charge on any atom is -0.496 e. The lowest BCUT2D eigenvalue weighted by molar-refractivity contribution is 0.408. The van der Waals surface area contributed by atoms with Crippen molar-refractivity contribution in [3.63, 3.8) is 0 Å². The van der Waals surface area contributed by atoms with Crippen LogP contribution >= 0.6 is 0 Å². The Morgan fingerprint density at radius 2 is 2.21 bits per heavy atom. The van der Waals surface area contributed by atoms with E-state index < -0.39 is 0 Å². The number of nitrogens with zero attached hydrogens (tertiary/aromatic N) is 4. The van der Waals surface area contributed by atoms with Crippen LogP contribution < -0.4 is 10.5 Å². The van der Waals surface area contributed by atoms with Gasteiger partial charge in [0.2, 0.25) is 0 Å². The molecule has 0 atom stereocenters. The van der Waals surface area contributed by atoms with Crippen LogP contribution in [0.25, 0.3) is 0 Å². The van der Waals surface area contributed by atoms with E-state index in [1.165, 1.54) is 16.9 Å². The number of benzene rings is 1. The number of methoxy groups -OCH3 is 1. The maximum absolute atomic E-state index is 13.2. The van der Waals surface area contributed by atoms with Crippen LogP contribution in [0.15, 0.2) is 18.2 Å². The van der Waals surface area contributed by atoms with Crippen molar-refractivity contribution in [1.82, 2.24) is 20.2 Å². The summed E-state index contributed by atoms with van der Waals surface area (Å²) in [6, 6.07) is 4.45. The fraction of sp³-hybridized carbons (Fsp3) is 0.417. The molecule has 1 aromatic heterocycles. The van der Waals surface area contributed by atoms with Gasteiger partial charge in [0.15, 0.2) is 5.82 Å². The van der Waals surface area contributed by atoms with E-state index in [1.807, 2.05) is 0 Å². The van der Waals surface area contributed by atoms with Crippen LogP contribution in [0.2, 0.25) is 0 Å². The molecule has 2 N–H and O–H groups in total. The zero-order valence-corrected chi connectivity index (χ0v) is 10.7. The summed E-state index contributed by atoms with van der Waals surface area (Å²) in [6.45, 7) is 1.00. The lowest BCUT2D eigenvalue weighted by atomic mass is 10.1. The van der Waals surface area contributed by atoms with E-state index in [1.54, 1.807) is 13.2 Å². The second-order valence-corrected chi connectivity index (χ2v) is 4.05. The Kier molecular flexibility index (Phi) is 4.40. The van der Waals surface area contributed by atoms with Gasteiger partial charge in [0.25, 0.3) is 0 Å². The van der Waals surface area contributed by atoms with Crippen LogP contribution in [0.3, 0.4) is 0 Å². The van der Waals surface area contributed by atoms with Gasteiger partial charge < -0.3 is 10.5 Å². The van der Waals surface area contributed by atoms with Crippen LogP contribution in [-0.2, 0) is 19.4 Å². The molecule has 0 aliphatic carbocycles. The SMILES string of the molecule is COc1ccc(F)cc1CCc1nnn(CCN)n1. The smallest absolute Gasteiger partial charge is 0.175 e. The molecule has 0 aliphatic heterocycles. The fourth-order valence-corrected chi connectivity index (χ4v) is 1.78. The molecule has 1 aromatic carbocycles. The number of nitrogens with two attached hydrogens (primary N) is 1. The van der Waals surface area contributed by atoms with Crippen LogP contribution in [-0.4, -0.2) is 33.9 Å². The molecule has 0 bridgehead atoms. The topological polar surface area (TPSA) is 78.9 Å². The van der Waals surface area contributed by atoms with E-state index in [9.17, 15) is 4.39 Å². The Bertz CT molecular complexity index is 543. The first kappa shape index (κ1) is 13.4. The Morgan fingerprint density at radius 3 is 2.95 bits per heavy atom. The number of hydrogen-bond acceptors (Lipinski definition) is 5. The molecule has 0 aliphatic rings. The minimum atomic E-state index is -0.282. The largest absolute Gasteiger partial charge is 0.496 e. The van der Waals surface area contributed by atoms with Gasteiger partial charge in [-0.25, -0.2) is 4.39 Å². The van der Waals surface area contributed by atoms with Gasteiger partial charge in [-0.1, -0.05) is 0 Å². The highest BCUT2D eigenvalue weighted by Gasteiger charge is 2.08. The third-order valence-electron chi connectivity index (χ3n) is 2.68. The van der Waals surface area contributed by atoms with Crippen molar-refractivity contribution in [2.24, 2.45) is 5.73 Å². The van der Waals surface area contributed by atoms with Crippen molar-refractivity contribution < 1.29 is 9.13 Å². The average molecular weight is 265 g/mol. The number of ether oxygens (including phenoxy) is 1. The van der Waals surface area contributed by atoms with E-state index >= 15 is 0 Å². The Labute approximate surface area is 110 Å². The zero-order chi connectivity index (χ0) is 13.7. The van der Waals surface area contributed by atoms with Gasteiger partial charge in [-0.2, -0.15) is 4.80 Å². The molecule has 0 fully saturated rings. The summed E-state index contributed by atoms with van der Waals surface area (Å²) < 4.78 is 18.4. The molecule has 0 radical (unpaired) electrons. The number of hydrogen-bond donors (Lipinski definition) is 1. The highest BCUT2D eigenvalue weighted by Crippen LogP contribution is 2.20. The molecule has 6 nitrogen and oxygen atoms in total. The van der Waals surface area contributed by atoms with Crippen molar-refractivity contribution in [3.05, 3.63) is 35.4 Å². The second kappa shape index (κ2) is 6.24. The molecular formula is C12H16FN5O. The summed E-state index contributed by atoms with van der Waals surface area (Å²) in [5, 5.41) is 12.0. The maximum atomic E-state index is 13.2. The Hall–Kier alpha value is -2.02. The molecule has 0 saturated heterocycles. The van der Waals surface area contributed by atoms with Crippen LogP contribution in [0, 0.1) is 5.82 Å². The molecule has 2 aromatic rings. The summed E-state index contributed by atoms with van der Waals surface area (Å²) in [6.07, 6.45) is 1.17.